The number of hydrogen-bond donors (Lipinski definition) is 1. The van der Waals surface area contributed by atoms with Crippen molar-refractivity contribution in [3.05, 3.63) is 59.5 Å². The SMILES string of the molecule is CN1Cc2ccc(-c3nc(C(N)=O)ccc3-c3cnn(CC4CCCC4)c3)cc2C1=O. The summed E-state index contributed by atoms with van der Waals surface area (Å²) >= 11 is 0. The molecule has 158 valence electrons. The number of rotatable bonds is 5. The van der Waals surface area contributed by atoms with Crippen LogP contribution in [0.1, 0.15) is 52.1 Å². The number of nitrogens with zero attached hydrogens (tertiary/aromatic N) is 4. The molecule has 31 heavy (non-hydrogen) atoms. The van der Waals surface area contributed by atoms with Crippen LogP contribution in [0.3, 0.4) is 0 Å². The van der Waals surface area contributed by atoms with Gasteiger partial charge in [-0.3, -0.25) is 14.3 Å². The van der Waals surface area contributed by atoms with Crippen LogP contribution < -0.4 is 5.73 Å². The molecular formula is C24H25N5O2. The first-order chi connectivity index (χ1) is 15.0. The summed E-state index contributed by atoms with van der Waals surface area (Å²) in [7, 11) is 1.79. The molecule has 1 aliphatic heterocycles. The number of pyridine rings is 1. The molecular weight excluding hydrogens is 390 g/mol. The lowest BCUT2D eigenvalue weighted by molar-refractivity contribution is 0.0816. The quantitative estimate of drug-likeness (QED) is 0.690. The molecule has 0 saturated heterocycles. The third kappa shape index (κ3) is 3.60. The lowest BCUT2D eigenvalue weighted by Gasteiger charge is -2.11. The van der Waals surface area contributed by atoms with E-state index < -0.39 is 5.91 Å². The number of primary amides is 1. The Morgan fingerprint density at radius 2 is 1.94 bits per heavy atom. The largest absolute Gasteiger partial charge is 0.364 e. The first-order valence-electron chi connectivity index (χ1n) is 10.7. The van der Waals surface area contributed by atoms with E-state index in [-0.39, 0.29) is 11.6 Å². The van der Waals surface area contributed by atoms with E-state index >= 15 is 0 Å². The summed E-state index contributed by atoms with van der Waals surface area (Å²) in [5, 5.41) is 4.56. The maximum absolute atomic E-state index is 12.5. The number of fused-ring (bicyclic) bond motifs is 1. The lowest BCUT2D eigenvalue weighted by Crippen LogP contribution is -2.17. The number of nitrogens with two attached hydrogens (primary N) is 1. The smallest absolute Gasteiger partial charge is 0.267 e. The second-order valence-corrected chi connectivity index (χ2v) is 8.59. The highest BCUT2D eigenvalue weighted by Crippen LogP contribution is 2.34. The van der Waals surface area contributed by atoms with Gasteiger partial charge in [0.25, 0.3) is 11.8 Å². The average molecular weight is 415 g/mol. The van der Waals surface area contributed by atoms with Crippen LogP contribution in [0.4, 0.5) is 0 Å². The number of carbonyl (C=O) groups excluding carboxylic acids is 2. The fourth-order valence-corrected chi connectivity index (χ4v) is 4.70. The summed E-state index contributed by atoms with van der Waals surface area (Å²) in [5.74, 6) is 0.0952. The summed E-state index contributed by atoms with van der Waals surface area (Å²) in [6.07, 6.45) is 8.99. The van der Waals surface area contributed by atoms with E-state index in [2.05, 4.69) is 10.1 Å². The molecule has 0 atom stereocenters. The van der Waals surface area contributed by atoms with Gasteiger partial charge >= 0.3 is 0 Å². The van der Waals surface area contributed by atoms with Gasteiger partial charge in [0.1, 0.15) is 5.69 Å². The molecule has 3 aromatic rings. The van der Waals surface area contributed by atoms with E-state index in [1.165, 1.54) is 25.7 Å². The van der Waals surface area contributed by atoms with Gasteiger partial charge in [-0.1, -0.05) is 25.0 Å². The molecule has 2 amide bonds. The van der Waals surface area contributed by atoms with Crippen LogP contribution in [-0.4, -0.2) is 38.5 Å². The van der Waals surface area contributed by atoms with Gasteiger partial charge in [-0.05, 0) is 42.5 Å². The molecule has 1 saturated carbocycles. The van der Waals surface area contributed by atoms with E-state index in [1.807, 2.05) is 41.3 Å². The second kappa shape index (κ2) is 7.65. The summed E-state index contributed by atoms with van der Waals surface area (Å²) < 4.78 is 2.00. The number of amides is 2. The minimum atomic E-state index is -0.582. The van der Waals surface area contributed by atoms with Gasteiger partial charge in [0.2, 0.25) is 0 Å². The fraction of sp³-hybridized carbons (Fsp3) is 0.333. The van der Waals surface area contributed by atoms with Crippen molar-refractivity contribution in [1.29, 1.82) is 0 Å². The number of benzene rings is 1. The average Bonchev–Trinajstić information content (AvgIpc) is 3.50. The Bertz CT molecular complexity index is 1180. The van der Waals surface area contributed by atoms with E-state index in [0.29, 0.717) is 23.7 Å². The zero-order valence-corrected chi connectivity index (χ0v) is 17.5. The lowest BCUT2D eigenvalue weighted by atomic mass is 9.98. The third-order valence-electron chi connectivity index (χ3n) is 6.38. The normalized spacial score (nSPS) is 16.2. The van der Waals surface area contributed by atoms with Gasteiger partial charge in [-0.15, -0.1) is 0 Å². The Morgan fingerprint density at radius 3 is 2.71 bits per heavy atom. The Hall–Kier alpha value is -3.48. The second-order valence-electron chi connectivity index (χ2n) is 8.59. The molecule has 2 aliphatic rings. The summed E-state index contributed by atoms with van der Waals surface area (Å²) in [6, 6.07) is 9.27. The standard InChI is InChI=1S/C24H25N5O2/c1-28-13-17-7-6-16(10-20(17)24(28)31)22-19(8-9-21(27-22)23(25)30)18-11-26-29(14-18)12-15-4-2-3-5-15/h6-11,14-15H,2-5,12-13H2,1H3,(H2,25,30). The molecule has 2 aromatic heterocycles. The van der Waals surface area contributed by atoms with Crippen LogP contribution in [0, 0.1) is 5.92 Å². The number of aromatic nitrogens is 3. The predicted molar refractivity (Wildman–Crippen MR) is 117 cm³/mol. The van der Waals surface area contributed by atoms with Crippen LogP contribution in [0.5, 0.6) is 0 Å². The molecule has 5 rings (SSSR count). The van der Waals surface area contributed by atoms with E-state index in [9.17, 15) is 9.59 Å². The Morgan fingerprint density at radius 1 is 1.13 bits per heavy atom. The van der Waals surface area contributed by atoms with Gasteiger partial charge in [-0.25, -0.2) is 4.98 Å². The first kappa shape index (κ1) is 19.5. The summed E-state index contributed by atoms with van der Waals surface area (Å²) in [4.78, 5) is 30.5. The number of hydrogen-bond acceptors (Lipinski definition) is 4. The zero-order valence-electron chi connectivity index (χ0n) is 17.5. The Kier molecular flexibility index (Phi) is 4.81. The Balaban J connectivity index is 1.56. The minimum absolute atomic E-state index is 0.00570. The molecule has 1 aromatic carbocycles. The van der Waals surface area contributed by atoms with Crippen molar-refractivity contribution in [3.8, 4) is 22.4 Å². The van der Waals surface area contributed by atoms with Crippen LogP contribution in [0.25, 0.3) is 22.4 Å². The van der Waals surface area contributed by atoms with E-state index in [0.717, 1.165) is 28.8 Å². The maximum atomic E-state index is 12.5. The summed E-state index contributed by atoms with van der Waals surface area (Å²) in [6.45, 7) is 1.52. The molecule has 7 nitrogen and oxygen atoms in total. The topological polar surface area (TPSA) is 94.1 Å². The predicted octanol–water partition coefficient (Wildman–Crippen LogP) is 3.49. The van der Waals surface area contributed by atoms with Crippen molar-refractivity contribution >= 4 is 11.8 Å². The van der Waals surface area contributed by atoms with Gasteiger partial charge in [0.05, 0.1) is 11.9 Å². The molecule has 2 N–H and O–H groups in total. The monoisotopic (exact) mass is 415 g/mol. The van der Waals surface area contributed by atoms with Crippen molar-refractivity contribution in [3.63, 3.8) is 0 Å². The number of carbonyl (C=O) groups is 2. The van der Waals surface area contributed by atoms with Gasteiger partial charge < -0.3 is 10.6 Å². The minimum Gasteiger partial charge on any atom is -0.364 e. The van der Waals surface area contributed by atoms with Gasteiger partial charge in [-0.2, -0.15) is 5.10 Å². The van der Waals surface area contributed by atoms with Crippen molar-refractivity contribution in [2.75, 3.05) is 7.05 Å². The molecule has 3 heterocycles. The van der Waals surface area contributed by atoms with Crippen molar-refractivity contribution in [2.45, 2.75) is 38.8 Å². The van der Waals surface area contributed by atoms with Crippen LogP contribution in [0.15, 0.2) is 42.7 Å². The van der Waals surface area contributed by atoms with E-state index in [1.54, 1.807) is 18.0 Å². The van der Waals surface area contributed by atoms with Crippen molar-refractivity contribution < 1.29 is 9.59 Å². The highest BCUT2D eigenvalue weighted by molar-refractivity contribution is 6.00. The highest BCUT2D eigenvalue weighted by Gasteiger charge is 2.25. The van der Waals surface area contributed by atoms with Crippen molar-refractivity contribution in [2.24, 2.45) is 11.7 Å². The molecule has 0 radical (unpaired) electrons. The van der Waals surface area contributed by atoms with Crippen molar-refractivity contribution in [1.82, 2.24) is 19.7 Å². The molecule has 1 fully saturated rings. The molecule has 1 aliphatic carbocycles. The first-order valence-corrected chi connectivity index (χ1v) is 10.7. The molecule has 0 unspecified atom stereocenters. The summed E-state index contributed by atoms with van der Waals surface area (Å²) in [5.41, 5.74) is 10.6. The molecule has 7 heteroatoms. The third-order valence-corrected chi connectivity index (χ3v) is 6.38. The Labute approximate surface area is 180 Å². The van der Waals surface area contributed by atoms with Crippen LogP contribution in [-0.2, 0) is 13.1 Å². The van der Waals surface area contributed by atoms with Crippen LogP contribution >= 0.6 is 0 Å². The maximum Gasteiger partial charge on any atom is 0.267 e. The zero-order chi connectivity index (χ0) is 21.5. The van der Waals surface area contributed by atoms with Gasteiger partial charge in [0, 0.05) is 48.6 Å². The molecule has 0 bridgehead atoms. The van der Waals surface area contributed by atoms with Crippen LogP contribution in [0.2, 0.25) is 0 Å². The highest BCUT2D eigenvalue weighted by atomic mass is 16.2. The van der Waals surface area contributed by atoms with E-state index in [4.69, 9.17) is 5.73 Å². The van der Waals surface area contributed by atoms with Gasteiger partial charge in [0.15, 0.2) is 0 Å². The molecule has 0 spiro atoms. The fourth-order valence-electron chi connectivity index (χ4n) is 4.70.